The van der Waals surface area contributed by atoms with Gasteiger partial charge in [-0.05, 0) is 50.8 Å². The van der Waals surface area contributed by atoms with Crippen LogP contribution in [0.3, 0.4) is 0 Å². The number of alkyl carbamates (subject to hydrolysis) is 1. The quantitative estimate of drug-likeness (QED) is 0.567. The molecule has 1 atom stereocenters. The molecule has 0 saturated heterocycles. The Morgan fingerprint density at radius 3 is 2.52 bits per heavy atom. The molecule has 1 unspecified atom stereocenters. The SMILES string of the molecule is CCNC(=O)Nc1cnccc1C(NC(=O)OC(C)(C)C)c1cccc2ccncc12. The van der Waals surface area contributed by atoms with Gasteiger partial charge >= 0.3 is 12.1 Å². The Morgan fingerprint density at radius 1 is 1.03 bits per heavy atom. The van der Waals surface area contributed by atoms with Crippen molar-refractivity contribution in [3.05, 3.63) is 66.2 Å². The highest BCUT2D eigenvalue weighted by molar-refractivity contribution is 5.91. The van der Waals surface area contributed by atoms with Gasteiger partial charge in [-0.1, -0.05) is 18.2 Å². The van der Waals surface area contributed by atoms with E-state index in [0.717, 1.165) is 16.3 Å². The number of hydrogen-bond acceptors (Lipinski definition) is 5. The Labute approximate surface area is 181 Å². The van der Waals surface area contributed by atoms with E-state index in [9.17, 15) is 9.59 Å². The van der Waals surface area contributed by atoms with Crippen molar-refractivity contribution in [2.45, 2.75) is 39.3 Å². The summed E-state index contributed by atoms with van der Waals surface area (Å²) in [5, 5.41) is 10.3. The number of amides is 3. The minimum absolute atomic E-state index is 0.354. The number of ether oxygens (including phenoxy) is 1. The Hall–Kier alpha value is -3.68. The maximum absolute atomic E-state index is 12.7. The van der Waals surface area contributed by atoms with Crippen molar-refractivity contribution in [2.75, 3.05) is 11.9 Å². The predicted molar refractivity (Wildman–Crippen MR) is 120 cm³/mol. The average molecular weight is 422 g/mol. The van der Waals surface area contributed by atoms with E-state index < -0.39 is 17.7 Å². The van der Waals surface area contributed by atoms with E-state index in [0.29, 0.717) is 17.8 Å². The largest absolute Gasteiger partial charge is 0.444 e. The molecule has 3 aromatic rings. The van der Waals surface area contributed by atoms with Crippen LogP contribution in [0.15, 0.2) is 55.1 Å². The zero-order valence-corrected chi connectivity index (χ0v) is 18.1. The van der Waals surface area contributed by atoms with E-state index in [1.807, 2.05) is 31.2 Å². The van der Waals surface area contributed by atoms with Crippen LogP contribution in [0.2, 0.25) is 0 Å². The number of fused-ring (bicyclic) bond motifs is 1. The molecule has 0 radical (unpaired) electrons. The molecule has 3 N–H and O–H groups in total. The van der Waals surface area contributed by atoms with Gasteiger partial charge in [0.1, 0.15) is 5.60 Å². The molecule has 1 aromatic carbocycles. The molecule has 0 aliphatic heterocycles. The van der Waals surface area contributed by atoms with Crippen molar-refractivity contribution in [1.29, 1.82) is 0 Å². The fourth-order valence-electron chi connectivity index (χ4n) is 3.23. The number of aromatic nitrogens is 2. The summed E-state index contributed by atoms with van der Waals surface area (Å²) >= 11 is 0. The van der Waals surface area contributed by atoms with Crippen LogP contribution in [0.5, 0.6) is 0 Å². The van der Waals surface area contributed by atoms with E-state index >= 15 is 0 Å². The fourth-order valence-corrected chi connectivity index (χ4v) is 3.23. The summed E-state index contributed by atoms with van der Waals surface area (Å²) in [4.78, 5) is 33.3. The van der Waals surface area contributed by atoms with Crippen LogP contribution in [-0.2, 0) is 4.74 Å². The standard InChI is InChI=1S/C23H27N5O3/c1-5-26-21(29)27-19-14-25-12-10-17(19)20(28-22(30)31-23(2,3)4)16-8-6-7-15-9-11-24-13-18(15)16/h6-14,20H,5H2,1-4H3,(H,28,30)(H2,26,27,29). The average Bonchev–Trinajstić information content (AvgIpc) is 2.71. The Morgan fingerprint density at radius 2 is 1.77 bits per heavy atom. The molecule has 0 aliphatic rings. The van der Waals surface area contributed by atoms with Gasteiger partial charge in [-0.15, -0.1) is 0 Å². The van der Waals surface area contributed by atoms with E-state index in [4.69, 9.17) is 4.74 Å². The number of nitrogens with zero attached hydrogens (tertiary/aromatic N) is 2. The van der Waals surface area contributed by atoms with Gasteiger partial charge < -0.3 is 20.7 Å². The van der Waals surface area contributed by atoms with Gasteiger partial charge in [0.25, 0.3) is 0 Å². The molecule has 2 aromatic heterocycles. The second-order valence-corrected chi connectivity index (χ2v) is 7.97. The Balaban J connectivity index is 2.09. The lowest BCUT2D eigenvalue weighted by Gasteiger charge is -2.26. The van der Waals surface area contributed by atoms with Crippen molar-refractivity contribution >= 4 is 28.6 Å². The molecule has 3 amide bonds. The minimum Gasteiger partial charge on any atom is -0.444 e. The highest BCUT2D eigenvalue weighted by Crippen LogP contribution is 2.32. The first kappa shape index (κ1) is 22.0. The first-order chi connectivity index (χ1) is 14.8. The third kappa shape index (κ3) is 5.69. The van der Waals surface area contributed by atoms with Crippen LogP contribution in [0.25, 0.3) is 10.8 Å². The summed E-state index contributed by atoms with van der Waals surface area (Å²) in [6, 6.07) is 8.52. The van der Waals surface area contributed by atoms with Crippen LogP contribution < -0.4 is 16.0 Å². The third-order valence-electron chi connectivity index (χ3n) is 4.44. The smallest absolute Gasteiger partial charge is 0.408 e. The van der Waals surface area contributed by atoms with Gasteiger partial charge in [0.2, 0.25) is 0 Å². The van der Waals surface area contributed by atoms with Gasteiger partial charge in [-0.3, -0.25) is 9.97 Å². The Bertz CT molecular complexity index is 1070. The summed E-state index contributed by atoms with van der Waals surface area (Å²) in [6.07, 6.45) is 6.08. The summed E-state index contributed by atoms with van der Waals surface area (Å²) < 4.78 is 5.50. The number of carbonyl (C=O) groups is 2. The highest BCUT2D eigenvalue weighted by Gasteiger charge is 2.25. The van der Waals surface area contributed by atoms with Crippen molar-refractivity contribution in [2.24, 2.45) is 0 Å². The zero-order valence-electron chi connectivity index (χ0n) is 18.1. The van der Waals surface area contributed by atoms with Crippen molar-refractivity contribution in [3.63, 3.8) is 0 Å². The predicted octanol–water partition coefficient (Wildman–Crippen LogP) is 4.39. The number of pyridine rings is 2. The molecule has 31 heavy (non-hydrogen) atoms. The molecule has 2 heterocycles. The van der Waals surface area contributed by atoms with Gasteiger partial charge in [-0.2, -0.15) is 0 Å². The van der Waals surface area contributed by atoms with Crippen molar-refractivity contribution < 1.29 is 14.3 Å². The van der Waals surface area contributed by atoms with E-state index in [1.54, 1.807) is 51.6 Å². The summed E-state index contributed by atoms with van der Waals surface area (Å²) in [5.74, 6) is 0. The monoisotopic (exact) mass is 421 g/mol. The molecule has 8 nitrogen and oxygen atoms in total. The third-order valence-corrected chi connectivity index (χ3v) is 4.44. The second-order valence-electron chi connectivity index (χ2n) is 7.97. The number of benzene rings is 1. The first-order valence-corrected chi connectivity index (χ1v) is 10.1. The van der Waals surface area contributed by atoms with Gasteiger partial charge in [-0.25, -0.2) is 9.59 Å². The summed E-state index contributed by atoms with van der Waals surface area (Å²) in [6.45, 7) is 7.73. The topological polar surface area (TPSA) is 105 Å². The lowest BCUT2D eigenvalue weighted by atomic mass is 9.94. The summed E-state index contributed by atoms with van der Waals surface area (Å²) in [5.41, 5.74) is 1.32. The van der Waals surface area contributed by atoms with Gasteiger partial charge in [0.05, 0.1) is 17.9 Å². The van der Waals surface area contributed by atoms with E-state index in [2.05, 4.69) is 25.9 Å². The molecule has 8 heteroatoms. The molecule has 162 valence electrons. The normalized spacial score (nSPS) is 12.1. The highest BCUT2D eigenvalue weighted by atomic mass is 16.6. The summed E-state index contributed by atoms with van der Waals surface area (Å²) in [7, 11) is 0. The maximum Gasteiger partial charge on any atom is 0.408 e. The van der Waals surface area contributed by atoms with Crippen LogP contribution in [0.4, 0.5) is 15.3 Å². The lowest BCUT2D eigenvalue weighted by molar-refractivity contribution is 0.0512. The van der Waals surface area contributed by atoms with Crippen molar-refractivity contribution in [3.8, 4) is 0 Å². The van der Waals surface area contributed by atoms with Crippen LogP contribution in [-0.4, -0.2) is 34.2 Å². The Kier molecular flexibility index (Phi) is 6.69. The van der Waals surface area contributed by atoms with Crippen LogP contribution in [0.1, 0.15) is 44.9 Å². The lowest BCUT2D eigenvalue weighted by Crippen LogP contribution is -2.36. The molecular formula is C23H27N5O3. The minimum atomic E-state index is -0.657. The second kappa shape index (κ2) is 9.42. The molecule has 0 aliphatic carbocycles. The number of hydrogen-bond donors (Lipinski definition) is 3. The first-order valence-electron chi connectivity index (χ1n) is 10.1. The molecule has 0 saturated carbocycles. The molecular weight excluding hydrogens is 394 g/mol. The molecule has 3 rings (SSSR count). The van der Waals surface area contributed by atoms with Crippen molar-refractivity contribution in [1.82, 2.24) is 20.6 Å². The molecule has 0 fully saturated rings. The zero-order chi connectivity index (χ0) is 22.4. The number of rotatable bonds is 5. The number of urea groups is 1. The molecule has 0 spiro atoms. The number of carbonyl (C=O) groups excluding carboxylic acids is 2. The van der Waals surface area contributed by atoms with E-state index in [1.165, 1.54) is 0 Å². The van der Waals surface area contributed by atoms with Gasteiger partial charge in [0.15, 0.2) is 0 Å². The van der Waals surface area contributed by atoms with Crippen LogP contribution >= 0.6 is 0 Å². The molecule has 0 bridgehead atoms. The fraction of sp³-hybridized carbons (Fsp3) is 0.304. The van der Waals surface area contributed by atoms with Crippen LogP contribution in [0, 0.1) is 0 Å². The maximum atomic E-state index is 12.7. The number of nitrogens with one attached hydrogen (secondary N) is 3. The van der Waals surface area contributed by atoms with Gasteiger partial charge in [0, 0.05) is 36.1 Å². The number of anilines is 1. The van der Waals surface area contributed by atoms with E-state index in [-0.39, 0.29) is 6.03 Å².